The maximum absolute atomic E-state index is 5.23. The van der Waals surface area contributed by atoms with Crippen molar-refractivity contribution >= 4 is 39.9 Å². The molecule has 5 heteroatoms. The summed E-state index contributed by atoms with van der Waals surface area (Å²) in [5.41, 5.74) is 12.8. The van der Waals surface area contributed by atoms with Crippen LogP contribution >= 0.6 is 0 Å². The Balaban J connectivity index is 1.15. The summed E-state index contributed by atoms with van der Waals surface area (Å²) >= 11 is 0. The number of para-hydroxylation sites is 2. The molecule has 1 aliphatic rings. The van der Waals surface area contributed by atoms with E-state index < -0.39 is 0 Å². The highest BCUT2D eigenvalue weighted by atomic mass is 15.1. The number of nitrogens with zero attached hydrogens (tertiary/aromatic N) is 5. The van der Waals surface area contributed by atoms with Crippen molar-refractivity contribution in [3.05, 3.63) is 176 Å². The van der Waals surface area contributed by atoms with Crippen LogP contribution in [-0.2, 0) is 0 Å². The van der Waals surface area contributed by atoms with E-state index in [2.05, 4.69) is 150 Å². The minimum Gasteiger partial charge on any atom is -0.341 e. The van der Waals surface area contributed by atoms with E-state index in [9.17, 15) is 0 Å². The van der Waals surface area contributed by atoms with Crippen molar-refractivity contribution in [1.29, 1.82) is 0 Å². The Hall–Kier alpha value is -6.98. The minimum absolute atomic E-state index is 0.682. The molecule has 2 aromatic heterocycles. The first-order valence-electron chi connectivity index (χ1n) is 17.4. The van der Waals surface area contributed by atoms with E-state index in [1.807, 2.05) is 42.5 Å². The molecule has 0 bridgehead atoms. The number of aromatic nitrogens is 3. The molecule has 0 fully saturated rings. The summed E-state index contributed by atoms with van der Waals surface area (Å²) in [6.07, 6.45) is 8.31. The quantitative estimate of drug-likeness (QED) is 0.159. The molecule has 0 amide bonds. The zero-order valence-corrected chi connectivity index (χ0v) is 28.4. The van der Waals surface area contributed by atoms with Crippen molar-refractivity contribution in [3.63, 3.8) is 0 Å². The highest BCUT2D eigenvalue weighted by molar-refractivity contribution is 6.03. The first kappa shape index (κ1) is 31.0. The molecule has 0 aliphatic carbocycles. The van der Waals surface area contributed by atoms with Crippen LogP contribution in [0.2, 0.25) is 0 Å². The predicted molar refractivity (Wildman–Crippen MR) is 217 cm³/mol. The van der Waals surface area contributed by atoms with Gasteiger partial charge in [-0.15, -0.1) is 0 Å². The van der Waals surface area contributed by atoms with Crippen LogP contribution in [0, 0.1) is 0 Å². The first-order chi connectivity index (χ1) is 25.7. The number of aliphatic imine (C=N–C) groups is 1. The molecule has 0 saturated heterocycles. The van der Waals surface area contributed by atoms with E-state index in [0.29, 0.717) is 5.82 Å². The summed E-state index contributed by atoms with van der Waals surface area (Å²) < 4.78 is 0. The zero-order chi connectivity index (χ0) is 34.9. The fourth-order valence-corrected chi connectivity index (χ4v) is 7.04. The second kappa shape index (κ2) is 13.4. The molecule has 0 saturated carbocycles. The van der Waals surface area contributed by atoms with Crippen molar-refractivity contribution in [2.45, 2.75) is 0 Å². The number of benzene rings is 6. The lowest BCUT2D eigenvalue weighted by Crippen LogP contribution is -2.19. The molecule has 0 radical (unpaired) electrons. The normalized spacial score (nSPS) is 12.4. The first-order valence-corrected chi connectivity index (χ1v) is 17.4. The average molecular weight is 668 g/mol. The molecule has 3 heterocycles. The summed E-state index contributed by atoms with van der Waals surface area (Å²) in [6.45, 7) is 4.70. The molecule has 6 aromatic carbocycles. The van der Waals surface area contributed by atoms with Crippen LogP contribution in [0.15, 0.2) is 181 Å². The smallest absolute Gasteiger partial charge is 0.160 e. The van der Waals surface area contributed by atoms with Crippen LogP contribution in [0.4, 0.5) is 11.4 Å². The largest absolute Gasteiger partial charge is 0.341 e. The van der Waals surface area contributed by atoms with Gasteiger partial charge in [-0.2, -0.15) is 0 Å². The number of allylic oxidation sites excluding steroid dienone is 2. The molecule has 246 valence electrons. The van der Waals surface area contributed by atoms with Crippen LogP contribution in [0.1, 0.15) is 0 Å². The van der Waals surface area contributed by atoms with Gasteiger partial charge in [-0.1, -0.05) is 133 Å². The Labute approximate surface area is 302 Å². The Bertz CT molecular complexity index is 2690. The molecule has 5 nitrogen and oxygen atoms in total. The third-order valence-electron chi connectivity index (χ3n) is 9.54. The van der Waals surface area contributed by atoms with Gasteiger partial charge >= 0.3 is 0 Å². The summed E-state index contributed by atoms with van der Waals surface area (Å²) in [6, 6.07) is 52.4. The average Bonchev–Trinajstić information content (AvgIpc) is 3.23. The van der Waals surface area contributed by atoms with E-state index in [-0.39, 0.29) is 0 Å². The van der Waals surface area contributed by atoms with Crippen LogP contribution in [0.25, 0.3) is 78.0 Å². The maximum atomic E-state index is 5.23. The lowest BCUT2D eigenvalue weighted by atomic mass is 9.97. The van der Waals surface area contributed by atoms with Crippen LogP contribution in [-0.4, -0.2) is 28.2 Å². The molecule has 0 spiro atoms. The third kappa shape index (κ3) is 5.74. The van der Waals surface area contributed by atoms with Crippen LogP contribution in [0.5, 0.6) is 0 Å². The summed E-state index contributed by atoms with van der Waals surface area (Å²) in [7, 11) is 0. The van der Waals surface area contributed by atoms with Gasteiger partial charge in [-0.3, -0.25) is 4.99 Å². The van der Waals surface area contributed by atoms with Crippen molar-refractivity contribution in [3.8, 4) is 56.2 Å². The summed E-state index contributed by atoms with van der Waals surface area (Å²) in [5.74, 6) is 0.682. The molecule has 9 rings (SSSR count). The molecular weight excluding hydrogens is 635 g/mol. The van der Waals surface area contributed by atoms with E-state index in [4.69, 9.17) is 15.0 Å². The predicted octanol–water partition coefficient (Wildman–Crippen LogP) is 11.7. The van der Waals surface area contributed by atoms with Crippen molar-refractivity contribution in [1.82, 2.24) is 15.0 Å². The van der Waals surface area contributed by atoms with Crippen molar-refractivity contribution in [2.75, 3.05) is 11.4 Å². The van der Waals surface area contributed by atoms with Crippen molar-refractivity contribution in [2.24, 2.45) is 4.99 Å². The van der Waals surface area contributed by atoms with Gasteiger partial charge in [0.2, 0.25) is 0 Å². The van der Waals surface area contributed by atoms with Crippen LogP contribution < -0.4 is 4.90 Å². The van der Waals surface area contributed by atoms with Gasteiger partial charge in [0.25, 0.3) is 0 Å². The number of hydrogen-bond donors (Lipinski definition) is 0. The van der Waals surface area contributed by atoms with Gasteiger partial charge in [0.05, 0.1) is 33.8 Å². The molecular formula is C47H33N5. The lowest BCUT2D eigenvalue weighted by Gasteiger charge is -2.26. The number of rotatable bonds is 7. The van der Waals surface area contributed by atoms with E-state index in [0.717, 1.165) is 84.5 Å². The van der Waals surface area contributed by atoms with Gasteiger partial charge in [-0.05, 0) is 65.4 Å². The molecule has 1 aliphatic heterocycles. The van der Waals surface area contributed by atoms with Gasteiger partial charge in [0, 0.05) is 40.2 Å². The minimum atomic E-state index is 0.682. The highest BCUT2D eigenvalue weighted by Gasteiger charge is 2.21. The van der Waals surface area contributed by atoms with Crippen molar-refractivity contribution < 1.29 is 0 Å². The monoisotopic (exact) mass is 667 g/mol. The lowest BCUT2D eigenvalue weighted by molar-refractivity contribution is 1.07. The molecule has 0 unspecified atom stereocenters. The number of pyridine rings is 1. The molecule has 52 heavy (non-hydrogen) atoms. The van der Waals surface area contributed by atoms with Gasteiger partial charge < -0.3 is 4.90 Å². The fraction of sp³-hybridized carbons (Fsp3) is 0.0213. The SMILES string of the molecule is C=Nc1c(N2C=CC=CC2)c(-c2cccc(-c3cccc(-c4nc(-c5cccc(-c6ccccc6)c5)c5ccccc5n4)c3)c2)nc2ccccc12. The van der Waals surface area contributed by atoms with Gasteiger partial charge in [-0.25, -0.2) is 15.0 Å². The summed E-state index contributed by atoms with van der Waals surface area (Å²) in [5, 5.41) is 2.00. The number of fused-ring (bicyclic) bond motifs is 2. The zero-order valence-electron chi connectivity index (χ0n) is 28.4. The molecule has 8 aromatic rings. The topological polar surface area (TPSA) is 54.3 Å². The number of anilines is 1. The molecule has 0 N–H and O–H groups in total. The summed E-state index contributed by atoms with van der Waals surface area (Å²) in [4.78, 5) is 22.3. The van der Waals surface area contributed by atoms with E-state index >= 15 is 0 Å². The second-order valence-electron chi connectivity index (χ2n) is 12.8. The Morgan fingerprint density at radius 1 is 0.481 bits per heavy atom. The Morgan fingerprint density at radius 2 is 1.04 bits per heavy atom. The third-order valence-corrected chi connectivity index (χ3v) is 9.54. The van der Waals surface area contributed by atoms with Gasteiger partial charge in [0.15, 0.2) is 5.82 Å². The standard InChI is InChI=1S/C47H33N5/c1-48-45-40-24-7-8-25-41(40)49-44(46(45)52-27-10-3-11-28-52)37-21-13-18-34(30-37)35-19-14-22-38(31-35)47-50-42-26-9-6-23-39(42)43(51-47)36-20-12-17-33(29-36)32-15-4-2-5-16-32/h2-27,29-31H,1,28H2. The second-order valence-corrected chi connectivity index (χ2v) is 12.8. The van der Waals surface area contributed by atoms with Gasteiger partial charge in [0.1, 0.15) is 0 Å². The molecule has 0 atom stereocenters. The van der Waals surface area contributed by atoms with E-state index in [1.54, 1.807) is 0 Å². The van der Waals surface area contributed by atoms with Crippen LogP contribution in [0.3, 0.4) is 0 Å². The highest BCUT2D eigenvalue weighted by Crippen LogP contribution is 2.44. The number of hydrogen-bond acceptors (Lipinski definition) is 5. The Morgan fingerprint density at radius 3 is 1.73 bits per heavy atom. The Kier molecular flexibility index (Phi) is 7.99. The maximum Gasteiger partial charge on any atom is 0.160 e. The van der Waals surface area contributed by atoms with E-state index in [1.165, 1.54) is 5.56 Å². The fourth-order valence-electron chi connectivity index (χ4n) is 7.04.